The van der Waals surface area contributed by atoms with Crippen molar-refractivity contribution in [3.63, 3.8) is 0 Å². The highest BCUT2D eigenvalue weighted by molar-refractivity contribution is 5.50. The van der Waals surface area contributed by atoms with E-state index >= 15 is 0 Å². The Kier molecular flexibility index (Phi) is 5.80. The molecule has 2 fully saturated rings. The molecule has 160 valence electrons. The van der Waals surface area contributed by atoms with E-state index in [0.717, 1.165) is 49.1 Å². The Morgan fingerprint density at radius 2 is 1.83 bits per heavy atom. The summed E-state index contributed by atoms with van der Waals surface area (Å²) in [4.78, 5) is 7.43. The number of aromatic amines is 1. The van der Waals surface area contributed by atoms with Crippen molar-refractivity contribution in [2.45, 2.75) is 90.4 Å². The second-order valence-corrected chi connectivity index (χ2v) is 9.92. The highest BCUT2D eigenvalue weighted by Gasteiger charge is 2.27. The fourth-order valence-corrected chi connectivity index (χ4v) is 4.60. The van der Waals surface area contributed by atoms with Gasteiger partial charge in [-0.3, -0.25) is 10.00 Å². The number of nitrogens with zero attached hydrogens (tertiary/aromatic N) is 5. The molecule has 0 aromatic carbocycles. The maximum Gasteiger partial charge on any atom is 0.179 e. The van der Waals surface area contributed by atoms with Crippen molar-refractivity contribution in [3.05, 3.63) is 17.6 Å². The van der Waals surface area contributed by atoms with Gasteiger partial charge in [-0.25, -0.2) is 9.67 Å². The first-order valence-corrected chi connectivity index (χ1v) is 11.2. The van der Waals surface area contributed by atoms with E-state index in [-0.39, 0.29) is 17.6 Å². The van der Waals surface area contributed by atoms with Crippen LogP contribution in [0.1, 0.15) is 77.9 Å². The molecule has 1 aliphatic heterocycles. The van der Waals surface area contributed by atoms with E-state index in [1.54, 1.807) is 0 Å². The van der Waals surface area contributed by atoms with Gasteiger partial charge in [0.2, 0.25) is 0 Å². The van der Waals surface area contributed by atoms with E-state index in [0.29, 0.717) is 6.04 Å². The number of hydrogen-bond acceptors (Lipinski definition) is 5. The molecule has 0 amide bonds. The van der Waals surface area contributed by atoms with Crippen LogP contribution in [-0.4, -0.2) is 61.7 Å². The van der Waals surface area contributed by atoms with E-state index in [9.17, 15) is 0 Å². The van der Waals surface area contributed by atoms with Crippen molar-refractivity contribution in [1.29, 1.82) is 0 Å². The predicted octanol–water partition coefficient (Wildman–Crippen LogP) is 3.73. The van der Waals surface area contributed by atoms with Gasteiger partial charge < -0.3 is 4.74 Å². The second kappa shape index (κ2) is 8.19. The van der Waals surface area contributed by atoms with Gasteiger partial charge in [0.1, 0.15) is 5.69 Å². The topological polar surface area (TPSA) is 71.9 Å². The third-order valence-electron chi connectivity index (χ3n) is 6.11. The SMILES string of the molecule is CC1CN(CCc2nc(-c3cc(C(C)(C)C)[nH]n3)n(C3CCCC3)n2)CC(C)O1. The minimum absolute atomic E-state index is 0.0377. The zero-order valence-electron chi connectivity index (χ0n) is 18.6. The third-order valence-corrected chi connectivity index (χ3v) is 6.11. The summed E-state index contributed by atoms with van der Waals surface area (Å²) < 4.78 is 8.02. The zero-order valence-corrected chi connectivity index (χ0v) is 18.6. The highest BCUT2D eigenvalue weighted by atomic mass is 16.5. The lowest BCUT2D eigenvalue weighted by Crippen LogP contribution is -2.46. The molecule has 2 atom stereocenters. The molecule has 2 aliphatic rings. The van der Waals surface area contributed by atoms with Gasteiger partial charge in [-0.2, -0.15) is 10.2 Å². The summed E-state index contributed by atoms with van der Waals surface area (Å²) in [6.45, 7) is 13.8. The third kappa shape index (κ3) is 4.72. The number of rotatable bonds is 5. The molecule has 7 heteroatoms. The van der Waals surface area contributed by atoms with E-state index in [1.807, 2.05) is 0 Å². The lowest BCUT2D eigenvalue weighted by atomic mass is 9.92. The minimum Gasteiger partial charge on any atom is -0.373 e. The first kappa shape index (κ1) is 20.5. The molecule has 0 bridgehead atoms. The number of nitrogens with one attached hydrogen (secondary N) is 1. The Balaban J connectivity index is 1.54. The van der Waals surface area contributed by atoms with Crippen molar-refractivity contribution in [1.82, 2.24) is 29.9 Å². The quantitative estimate of drug-likeness (QED) is 0.828. The van der Waals surface area contributed by atoms with Crippen LogP contribution in [0.2, 0.25) is 0 Å². The number of aromatic nitrogens is 5. The number of hydrogen-bond donors (Lipinski definition) is 1. The maximum atomic E-state index is 5.86. The predicted molar refractivity (Wildman–Crippen MR) is 114 cm³/mol. The molecule has 2 aromatic rings. The molecule has 0 radical (unpaired) electrons. The number of ether oxygens (including phenoxy) is 1. The van der Waals surface area contributed by atoms with E-state index in [2.05, 4.69) is 60.5 Å². The summed E-state index contributed by atoms with van der Waals surface area (Å²) in [6.07, 6.45) is 6.36. The molecular weight excluding hydrogens is 364 g/mol. The summed E-state index contributed by atoms with van der Waals surface area (Å²) in [5, 5.41) is 12.8. The van der Waals surface area contributed by atoms with E-state index < -0.39 is 0 Å². The molecule has 2 unspecified atom stereocenters. The van der Waals surface area contributed by atoms with Crippen LogP contribution in [0.25, 0.3) is 11.5 Å². The number of H-pyrrole nitrogens is 1. The lowest BCUT2D eigenvalue weighted by Gasteiger charge is -2.35. The Morgan fingerprint density at radius 1 is 1.14 bits per heavy atom. The van der Waals surface area contributed by atoms with Crippen LogP contribution in [0.15, 0.2) is 6.07 Å². The smallest absolute Gasteiger partial charge is 0.179 e. The summed E-state index contributed by atoms with van der Waals surface area (Å²) in [7, 11) is 0. The van der Waals surface area contributed by atoms with E-state index in [1.165, 1.54) is 25.7 Å². The fraction of sp³-hybridized carbons (Fsp3) is 0.773. The van der Waals surface area contributed by atoms with Crippen molar-refractivity contribution >= 4 is 0 Å². The molecular formula is C22H36N6O. The molecule has 4 rings (SSSR count). The highest BCUT2D eigenvalue weighted by Crippen LogP contribution is 2.33. The maximum absolute atomic E-state index is 5.86. The van der Waals surface area contributed by atoms with Gasteiger partial charge in [-0.1, -0.05) is 33.6 Å². The molecule has 1 aliphatic carbocycles. The average molecular weight is 401 g/mol. The first-order chi connectivity index (χ1) is 13.8. The summed E-state index contributed by atoms with van der Waals surface area (Å²) in [5.41, 5.74) is 2.08. The van der Waals surface area contributed by atoms with Crippen LogP contribution in [0.3, 0.4) is 0 Å². The molecule has 0 spiro atoms. The van der Waals surface area contributed by atoms with Gasteiger partial charge in [-0.15, -0.1) is 0 Å². The van der Waals surface area contributed by atoms with Gasteiger partial charge >= 0.3 is 0 Å². The standard InChI is InChI=1S/C22H36N6O/c1-15-13-27(14-16(2)29-15)11-10-20-23-21(28(26-20)17-8-6-7-9-17)18-12-19(25-24-18)22(3,4)5/h12,15-17H,6-11,13-14H2,1-5H3,(H,24,25). The molecule has 1 saturated carbocycles. The van der Waals surface area contributed by atoms with Crippen LogP contribution in [-0.2, 0) is 16.6 Å². The van der Waals surface area contributed by atoms with Gasteiger partial charge in [0, 0.05) is 37.2 Å². The monoisotopic (exact) mass is 400 g/mol. The van der Waals surface area contributed by atoms with Gasteiger partial charge in [0.05, 0.1) is 18.2 Å². The molecule has 29 heavy (non-hydrogen) atoms. The normalized spacial score (nSPS) is 24.4. The van der Waals surface area contributed by atoms with Crippen LogP contribution < -0.4 is 0 Å². The Bertz CT molecular complexity index is 804. The zero-order chi connectivity index (χ0) is 20.6. The summed E-state index contributed by atoms with van der Waals surface area (Å²) >= 11 is 0. The Labute approximate surface area is 174 Å². The minimum atomic E-state index is 0.0377. The second-order valence-electron chi connectivity index (χ2n) is 9.92. The van der Waals surface area contributed by atoms with Crippen molar-refractivity contribution in [2.24, 2.45) is 0 Å². The lowest BCUT2D eigenvalue weighted by molar-refractivity contribution is -0.0676. The summed E-state index contributed by atoms with van der Waals surface area (Å²) in [6, 6.07) is 2.59. The van der Waals surface area contributed by atoms with Crippen molar-refractivity contribution in [3.8, 4) is 11.5 Å². The molecule has 2 aromatic heterocycles. The molecule has 1 N–H and O–H groups in total. The molecule has 3 heterocycles. The largest absolute Gasteiger partial charge is 0.373 e. The van der Waals surface area contributed by atoms with Gasteiger partial charge in [0.25, 0.3) is 0 Å². The van der Waals surface area contributed by atoms with Gasteiger partial charge in [0.15, 0.2) is 11.6 Å². The van der Waals surface area contributed by atoms with Crippen LogP contribution in [0.4, 0.5) is 0 Å². The van der Waals surface area contributed by atoms with E-state index in [4.69, 9.17) is 14.8 Å². The Morgan fingerprint density at radius 3 is 2.45 bits per heavy atom. The van der Waals surface area contributed by atoms with Crippen LogP contribution in [0, 0.1) is 0 Å². The summed E-state index contributed by atoms with van der Waals surface area (Å²) in [5.74, 6) is 1.85. The fourth-order valence-electron chi connectivity index (χ4n) is 4.60. The average Bonchev–Trinajstić information content (AvgIpc) is 3.37. The first-order valence-electron chi connectivity index (χ1n) is 11.2. The van der Waals surface area contributed by atoms with Crippen LogP contribution in [0.5, 0.6) is 0 Å². The van der Waals surface area contributed by atoms with Crippen molar-refractivity contribution in [2.75, 3.05) is 19.6 Å². The van der Waals surface area contributed by atoms with Gasteiger partial charge in [-0.05, 0) is 32.8 Å². The Hall–Kier alpha value is -1.73. The van der Waals surface area contributed by atoms with Crippen LogP contribution >= 0.6 is 0 Å². The molecule has 7 nitrogen and oxygen atoms in total. The number of morpholine rings is 1. The van der Waals surface area contributed by atoms with Crippen molar-refractivity contribution < 1.29 is 4.74 Å². The molecule has 1 saturated heterocycles.